The molecule has 0 spiro atoms. The molecule has 1 aromatic heterocycles. The van der Waals surface area contributed by atoms with Crippen molar-refractivity contribution in [3.05, 3.63) is 42.4 Å². The van der Waals surface area contributed by atoms with Gasteiger partial charge in [-0.15, -0.1) is 0 Å². The quantitative estimate of drug-likeness (QED) is 0.608. The molecule has 1 saturated heterocycles. The van der Waals surface area contributed by atoms with Crippen LogP contribution in [0.2, 0.25) is 0 Å². The maximum Gasteiger partial charge on any atom is 0.244 e. The summed E-state index contributed by atoms with van der Waals surface area (Å²) in [6, 6.07) is 6.88. The molecule has 0 saturated carbocycles. The highest BCUT2D eigenvalue weighted by molar-refractivity contribution is 7.94. The number of sulfonamides is 2. The van der Waals surface area contributed by atoms with Gasteiger partial charge < -0.3 is 9.15 Å². The zero-order chi connectivity index (χ0) is 23.0. The predicted molar refractivity (Wildman–Crippen MR) is 114 cm³/mol. The fraction of sp³-hybridized carbons (Fsp3) is 0.421. The number of methoxy groups -OCH3 is 1. The molecule has 2 atom stereocenters. The third-order valence-electron chi connectivity index (χ3n) is 4.99. The number of anilines is 1. The second-order valence-corrected chi connectivity index (χ2v) is 11.1. The van der Waals surface area contributed by atoms with E-state index in [0.29, 0.717) is 10.1 Å². The van der Waals surface area contributed by atoms with Crippen LogP contribution in [-0.2, 0) is 24.8 Å². The van der Waals surface area contributed by atoms with Gasteiger partial charge in [-0.1, -0.05) is 6.92 Å². The zero-order valence-electron chi connectivity index (χ0n) is 17.6. The number of likely N-dealkylation sites (N-methyl/N-ethyl adjacent to an activating group) is 1. The minimum Gasteiger partial charge on any atom is -0.495 e. The molecular formula is C19H25N3O7S2. The number of ether oxygens (including phenoxy) is 1. The first kappa shape index (κ1) is 23.3. The third-order valence-corrected chi connectivity index (χ3v) is 8.31. The van der Waals surface area contributed by atoms with E-state index in [0.717, 1.165) is 6.07 Å². The molecule has 1 aromatic carbocycles. The molecule has 2 unspecified atom stereocenters. The molecule has 2 aromatic rings. The Morgan fingerprint density at radius 1 is 1.32 bits per heavy atom. The predicted octanol–water partition coefficient (Wildman–Crippen LogP) is 1.18. The molecule has 0 aliphatic carbocycles. The van der Waals surface area contributed by atoms with Gasteiger partial charge in [0.05, 0.1) is 36.8 Å². The standard InChI is InChI=1S/C19H25N3O7S2/c1-13-12-30(24,25)22(19(13)23)14-7-8-17(28-4)18(10-14)31(26,27)20-11-15(21(2)3)16-6-5-9-29-16/h5-10,13,15,20H,11-12H2,1-4H3. The van der Waals surface area contributed by atoms with E-state index in [9.17, 15) is 21.6 Å². The summed E-state index contributed by atoms with van der Waals surface area (Å²) in [6.45, 7) is 1.51. The van der Waals surface area contributed by atoms with E-state index in [1.54, 1.807) is 31.1 Å². The molecule has 1 fully saturated rings. The van der Waals surface area contributed by atoms with Gasteiger partial charge in [-0.2, -0.15) is 0 Å². The van der Waals surface area contributed by atoms with Crippen molar-refractivity contribution in [3.8, 4) is 5.75 Å². The Kier molecular flexibility index (Phi) is 6.46. The van der Waals surface area contributed by atoms with Crippen LogP contribution in [0.4, 0.5) is 5.69 Å². The number of furan rings is 1. The Morgan fingerprint density at radius 2 is 2.03 bits per heavy atom. The van der Waals surface area contributed by atoms with Gasteiger partial charge in [0, 0.05) is 6.54 Å². The van der Waals surface area contributed by atoms with Gasteiger partial charge in [-0.25, -0.2) is 25.9 Å². The van der Waals surface area contributed by atoms with Crippen molar-refractivity contribution in [2.45, 2.75) is 17.9 Å². The highest BCUT2D eigenvalue weighted by atomic mass is 32.2. The fourth-order valence-corrected chi connectivity index (χ4v) is 6.41. The Hall–Kier alpha value is -2.41. The SMILES string of the molecule is COc1ccc(N2C(=O)C(C)CS2(=O)=O)cc1S(=O)(=O)NCC(c1ccco1)N(C)C. The fourth-order valence-electron chi connectivity index (χ4n) is 3.37. The van der Waals surface area contributed by atoms with E-state index >= 15 is 0 Å². The van der Waals surface area contributed by atoms with Gasteiger partial charge in [-0.3, -0.25) is 9.69 Å². The normalized spacial score (nSPS) is 19.7. The molecule has 1 N–H and O–H groups in total. The Balaban J connectivity index is 1.95. The van der Waals surface area contributed by atoms with Crippen LogP contribution in [0.1, 0.15) is 18.7 Å². The van der Waals surface area contributed by atoms with Crippen LogP contribution in [-0.4, -0.2) is 61.1 Å². The average molecular weight is 472 g/mol. The first-order valence-electron chi connectivity index (χ1n) is 9.42. The van der Waals surface area contributed by atoms with Crippen molar-refractivity contribution in [1.82, 2.24) is 9.62 Å². The van der Waals surface area contributed by atoms with Crippen LogP contribution >= 0.6 is 0 Å². The van der Waals surface area contributed by atoms with E-state index in [4.69, 9.17) is 9.15 Å². The van der Waals surface area contributed by atoms with E-state index in [-0.39, 0.29) is 34.7 Å². The molecule has 0 bridgehead atoms. The maximum absolute atomic E-state index is 13.1. The van der Waals surface area contributed by atoms with E-state index < -0.39 is 31.9 Å². The molecule has 12 heteroatoms. The molecule has 1 amide bonds. The minimum atomic E-state index is -4.12. The van der Waals surface area contributed by atoms with Gasteiger partial charge in [0.25, 0.3) is 0 Å². The maximum atomic E-state index is 13.1. The number of carbonyl (C=O) groups is 1. The van der Waals surface area contributed by atoms with Crippen molar-refractivity contribution in [2.24, 2.45) is 5.92 Å². The molecule has 2 heterocycles. The minimum absolute atomic E-state index is 0.00575. The summed E-state index contributed by atoms with van der Waals surface area (Å²) in [5, 5.41) is 0. The monoisotopic (exact) mass is 471 g/mol. The lowest BCUT2D eigenvalue weighted by Gasteiger charge is -2.23. The summed E-state index contributed by atoms with van der Waals surface area (Å²) < 4.78 is 64.7. The molecule has 0 radical (unpaired) electrons. The number of amides is 1. The number of nitrogens with zero attached hydrogens (tertiary/aromatic N) is 2. The summed E-state index contributed by atoms with van der Waals surface area (Å²) in [4.78, 5) is 13.9. The lowest BCUT2D eigenvalue weighted by atomic mass is 10.2. The highest BCUT2D eigenvalue weighted by Crippen LogP contribution is 2.34. The second-order valence-electron chi connectivity index (χ2n) is 7.46. The van der Waals surface area contributed by atoms with Crippen molar-refractivity contribution in [2.75, 3.05) is 37.8 Å². The van der Waals surface area contributed by atoms with Crippen LogP contribution in [0.3, 0.4) is 0 Å². The topological polar surface area (TPSA) is 126 Å². The Labute approximate surface area is 181 Å². The molecule has 1 aliphatic heterocycles. The smallest absolute Gasteiger partial charge is 0.244 e. The number of carbonyl (C=O) groups excluding carboxylic acids is 1. The number of hydrogen-bond donors (Lipinski definition) is 1. The van der Waals surface area contributed by atoms with Crippen LogP contribution in [0.25, 0.3) is 0 Å². The van der Waals surface area contributed by atoms with E-state index in [2.05, 4.69) is 4.72 Å². The number of nitrogens with one attached hydrogen (secondary N) is 1. The van der Waals surface area contributed by atoms with E-state index in [1.807, 2.05) is 0 Å². The summed E-state index contributed by atoms with van der Waals surface area (Å²) in [6.07, 6.45) is 1.50. The second kappa shape index (κ2) is 8.61. The third kappa shape index (κ3) is 4.61. The van der Waals surface area contributed by atoms with E-state index in [1.165, 1.54) is 32.4 Å². The van der Waals surface area contributed by atoms with Crippen LogP contribution < -0.4 is 13.8 Å². The summed E-state index contributed by atoms with van der Waals surface area (Å²) in [7, 11) is -3.12. The molecule has 3 rings (SSSR count). The Bertz CT molecular complexity index is 1160. The van der Waals surface area contributed by atoms with Gasteiger partial charge in [0.15, 0.2) is 0 Å². The lowest BCUT2D eigenvalue weighted by molar-refractivity contribution is -0.119. The largest absolute Gasteiger partial charge is 0.495 e. The van der Waals surface area contributed by atoms with Crippen LogP contribution in [0.5, 0.6) is 5.75 Å². The summed E-state index contributed by atoms with van der Waals surface area (Å²) in [5.74, 6) is -1.04. The Morgan fingerprint density at radius 3 is 2.55 bits per heavy atom. The molecule has 31 heavy (non-hydrogen) atoms. The van der Waals surface area contributed by atoms with Crippen LogP contribution in [0, 0.1) is 5.92 Å². The zero-order valence-corrected chi connectivity index (χ0v) is 19.2. The average Bonchev–Trinajstić information content (AvgIpc) is 3.27. The van der Waals surface area contributed by atoms with Gasteiger partial charge >= 0.3 is 0 Å². The molecule has 10 nitrogen and oxygen atoms in total. The number of rotatable bonds is 8. The van der Waals surface area contributed by atoms with Crippen molar-refractivity contribution in [3.63, 3.8) is 0 Å². The van der Waals surface area contributed by atoms with Crippen molar-refractivity contribution < 1.29 is 30.8 Å². The first-order valence-corrected chi connectivity index (χ1v) is 12.5. The van der Waals surface area contributed by atoms with Crippen molar-refractivity contribution >= 4 is 31.6 Å². The highest BCUT2D eigenvalue weighted by Gasteiger charge is 2.42. The van der Waals surface area contributed by atoms with Gasteiger partial charge in [-0.05, 0) is 44.4 Å². The summed E-state index contributed by atoms with van der Waals surface area (Å²) >= 11 is 0. The van der Waals surface area contributed by atoms with Gasteiger partial charge in [0.2, 0.25) is 26.0 Å². The van der Waals surface area contributed by atoms with Gasteiger partial charge in [0.1, 0.15) is 16.4 Å². The van der Waals surface area contributed by atoms with Crippen LogP contribution in [0.15, 0.2) is 45.9 Å². The number of benzene rings is 1. The molecule has 1 aliphatic rings. The summed E-state index contributed by atoms with van der Waals surface area (Å²) in [5.41, 5.74) is -0.0503. The lowest BCUT2D eigenvalue weighted by Crippen LogP contribution is -2.35. The first-order chi connectivity index (χ1) is 14.5. The number of hydrogen-bond acceptors (Lipinski definition) is 8. The van der Waals surface area contributed by atoms with Crippen molar-refractivity contribution in [1.29, 1.82) is 0 Å². The molecular weight excluding hydrogens is 446 g/mol. The molecule has 170 valence electrons.